The minimum atomic E-state index is -3.75. The highest BCUT2D eigenvalue weighted by atomic mass is 35.5. The van der Waals surface area contributed by atoms with E-state index in [0.29, 0.717) is 16.7 Å². The van der Waals surface area contributed by atoms with Crippen LogP contribution in [0.2, 0.25) is 10.2 Å². The second kappa shape index (κ2) is 8.51. The van der Waals surface area contributed by atoms with Crippen LogP contribution >= 0.6 is 11.6 Å². The summed E-state index contributed by atoms with van der Waals surface area (Å²) in [5, 5.41) is 4.03. The summed E-state index contributed by atoms with van der Waals surface area (Å²) in [6.45, 7) is -0.0617. The molecular formula is C22H21B3ClF2N3O4. The number of halogens is 3. The number of fused-ring (bicyclic) bond motifs is 1. The number of nitrogens with zero attached hydrogens (tertiary/aromatic N) is 1. The lowest BCUT2D eigenvalue weighted by atomic mass is 9.45. The van der Waals surface area contributed by atoms with Crippen molar-refractivity contribution in [3.8, 4) is 0 Å². The van der Waals surface area contributed by atoms with Gasteiger partial charge in [0.25, 0.3) is 11.8 Å². The SMILES string of the molecule is BC1(B)C[C@](B)(N2Cc3cc(CNC(=O)C(F)(F)c4ccc(Cl)cc4)ccc3C2=O)C(=O)NC1=O. The molecule has 0 saturated carbocycles. The normalized spacial score (nSPS) is 21.5. The third-order valence-electron chi connectivity index (χ3n) is 6.63. The number of carbonyl (C=O) groups excluding carboxylic acids is 4. The Morgan fingerprint density at radius 2 is 1.74 bits per heavy atom. The highest BCUT2D eigenvalue weighted by molar-refractivity contribution is 6.53. The Kier molecular flexibility index (Phi) is 6.07. The van der Waals surface area contributed by atoms with E-state index in [-0.39, 0.29) is 30.4 Å². The van der Waals surface area contributed by atoms with E-state index in [1.54, 1.807) is 41.7 Å². The average molecular weight is 497 g/mol. The number of hydrogen-bond acceptors (Lipinski definition) is 4. The first-order valence-electron chi connectivity index (χ1n) is 11.0. The fraction of sp³-hybridized carbons (Fsp3) is 0.273. The predicted molar refractivity (Wildman–Crippen MR) is 132 cm³/mol. The molecular weight excluding hydrogens is 476 g/mol. The Labute approximate surface area is 208 Å². The molecule has 1 atom stereocenters. The first-order valence-corrected chi connectivity index (χ1v) is 11.4. The molecule has 2 aliphatic rings. The highest BCUT2D eigenvalue weighted by Gasteiger charge is 2.53. The van der Waals surface area contributed by atoms with Crippen molar-refractivity contribution >= 4 is 58.8 Å². The predicted octanol–water partition coefficient (Wildman–Crippen LogP) is -0.538. The van der Waals surface area contributed by atoms with Crippen LogP contribution in [0.5, 0.6) is 0 Å². The van der Waals surface area contributed by atoms with E-state index < -0.39 is 39.9 Å². The van der Waals surface area contributed by atoms with Gasteiger partial charge in [0.05, 0.1) is 5.44 Å². The summed E-state index contributed by atoms with van der Waals surface area (Å²) in [6, 6.07) is 9.52. The Bertz CT molecular complexity index is 1260. The zero-order chi connectivity index (χ0) is 25.8. The zero-order valence-electron chi connectivity index (χ0n) is 19.4. The molecule has 178 valence electrons. The van der Waals surface area contributed by atoms with Gasteiger partial charge >= 0.3 is 5.92 Å². The van der Waals surface area contributed by atoms with Gasteiger partial charge in [-0.15, -0.1) is 0 Å². The molecule has 2 aromatic rings. The number of carbonyl (C=O) groups is 4. The molecule has 13 heteroatoms. The molecule has 4 rings (SSSR count). The molecule has 0 bridgehead atoms. The van der Waals surface area contributed by atoms with E-state index in [1.165, 1.54) is 17.0 Å². The summed E-state index contributed by atoms with van der Waals surface area (Å²) < 4.78 is 29.0. The fourth-order valence-electron chi connectivity index (χ4n) is 4.61. The van der Waals surface area contributed by atoms with Gasteiger partial charge in [-0.1, -0.05) is 35.9 Å². The van der Waals surface area contributed by atoms with Crippen LogP contribution in [-0.2, 0) is 33.4 Å². The summed E-state index contributed by atoms with van der Waals surface area (Å²) in [6.07, 6.45) is 0.160. The van der Waals surface area contributed by atoms with Gasteiger partial charge in [-0.2, -0.15) is 8.78 Å². The molecule has 4 amide bonds. The van der Waals surface area contributed by atoms with Crippen molar-refractivity contribution < 1.29 is 28.0 Å². The van der Waals surface area contributed by atoms with Crippen molar-refractivity contribution in [1.29, 1.82) is 0 Å². The minimum Gasteiger partial charge on any atom is -0.346 e. The lowest BCUT2D eigenvalue weighted by Gasteiger charge is -2.46. The third-order valence-corrected chi connectivity index (χ3v) is 6.88. The number of nitrogens with one attached hydrogen (secondary N) is 2. The lowest BCUT2D eigenvalue weighted by Crippen LogP contribution is -2.67. The molecule has 35 heavy (non-hydrogen) atoms. The van der Waals surface area contributed by atoms with Crippen LogP contribution in [0.4, 0.5) is 8.78 Å². The number of rotatable bonds is 5. The number of imide groups is 1. The van der Waals surface area contributed by atoms with Crippen molar-refractivity contribution in [2.24, 2.45) is 0 Å². The summed E-state index contributed by atoms with van der Waals surface area (Å²) in [7, 11) is 5.04. The number of benzene rings is 2. The summed E-state index contributed by atoms with van der Waals surface area (Å²) in [4.78, 5) is 51.6. The maximum Gasteiger partial charge on any atom is 0.349 e. The number of hydrogen-bond donors (Lipinski definition) is 2. The Morgan fingerprint density at radius 3 is 2.40 bits per heavy atom. The highest BCUT2D eigenvalue weighted by Crippen LogP contribution is 2.39. The topological polar surface area (TPSA) is 95.6 Å². The molecule has 1 saturated heterocycles. The summed E-state index contributed by atoms with van der Waals surface area (Å²) in [5.74, 6) is -6.50. The quantitative estimate of drug-likeness (QED) is 0.429. The Balaban J connectivity index is 1.49. The van der Waals surface area contributed by atoms with Gasteiger partial charge in [0.1, 0.15) is 23.5 Å². The molecule has 0 spiro atoms. The first kappa shape index (κ1) is 25.0. The van der Waals surface area contributed by atoms with E-state index in [9.17, 15) is 28.0 Å². The van der Waals surface area contributed by atoms with Gasteiger partial charge < -0.3 is 10.2 Å². The van der Waals surface area contributed by atoms with E-state index in [4.69, 9.17) is 11.6 Å². The van der Waals surface area contributed by atoms with Crippen molar-refractivity contribution in [3.05, 3.63) is 69.7 Å². The van der Waals surface area contributed by atoms with Gasteiger partial charge in [0.15, 0.2) is 0 Å². The van der Waals surface area contributed by atoms with Crippen molar-refractivity contribution in [1.82, 2.24) is 15.5 Å². The number of alkyl halides is 2. The van der Waals surface area contributed by atoms with Crippen LogP contribution in [0.25, 0.3) is 0 Å². The smallest absolute Gasteiger partial charge is 0.346 e. The van der Waals surface area contributed by atoms with Gasteiger partial charge in [-0.25, -0.2) is 0 Å². The lowest BCUT2D eigenvalue weighted by molar-refractivity contribution is -0.147. The van der Waals surface area contributed by atoms with Gasteiger partial charge in [0.2, 0.25) is 11.8 Å². The summed E-state index contributed by atoms with van der Waals surface area (Å²) >= 11 is 5.73. The van der Waals surface area contributed by atoms with Crippen LogP contribution in [0.1, 0.15) is 33.5 Å². The average Bonchev–Trinajstić information content (AvgIpc) is 3.12. The molecule has 0 radical (unpaired) electrons. The van der Waals surface area contributed by atoms with E-state index in [0.717, 1.165) is 12.1 Å². The van der Waals surface area contributed by atoms with Crippen molar-refractivity contribution in [2.45, 2.75) is 36.1 Å². The first-order chi connectivity index (χ1) is 16.3. The number of piperidine rings is 1. The van der Waals surface area contributed by atoms with E-state index in [1.807, 2.05) is 0 Å². The number of amides is 4. The minimum absolute atomic E-state index is 0.116. The molecule has 0 unspecified atom stereocenters. The fourth-order valence-corrected chi connectivity index (χ4v) is 4.74. The maximum absolute atomic E-state index is 14.5. The van der Waals surface area contributed by atoms with Crippen LogP contribution < -0.4 is 10.6 Å². The molecule has 2 heterocycles. The van der Waals surface area contributed by atoms with Crippen LogP contribution in [0.15, 0.2) is 42.5 Å². The van der Waals surface area contributed by atoms with Gasteiger partial charge in [0, 0.05) is 29.2 Å². The van der Waals surface area contributed by atoms with Crippen LogP contribution in [0.3, 0.4) is 0 Å². The molecule has 7 nitrogen and oxygen atoms in total. The molecule has 0 aromatic heterocycles. The van der Waals surface area contributed by atoms with Gasteiger partial charge in [-0.3, -0.25) is 24.5 Å². The molecule has 1 fully saturated rings. The second-order valence-corrected chi connectivity index (χ2v) is 10.2. The molecule has 0 aliphatic carbocycles. The molecule has 2 N–H and O–H groups in total. The van der Waals surface area contributed by atoms with E-state index >= 15 is 0 Å². The van der Waals surface area contributed by atoms with E-state index in [2.05, 4.69) is 10.6 Å². The zero-order valence-corrected chi connectivity index (χ0v) is 20.1. The third kappa shape index (κ3) is 4.35. The Morgan fingerprint density at radius 1 is 1.09 bits per heavy atom. The molecule has 2 aliphatic heterocycles. The van der Waals surface area contributed by atoms with Crippen LogP contribution in [-0.4, -0.2) is 57.5 Å². The molecule has 2 aromatic carbocycles. The Hall–Kier alpha value is -3.14. The van der Waals surface area contributed by atoms with Crippen LogP contribution in [0, 0.1) is 0 Å². The standard InChI is InChI=1S/C22H21B3ClF2N3O4/c23-20(24)10-21(25,18(34)30-17(20)33)31-9-12-7-11(1-6-15(12)16(31)32)8-29-19(35)22(27,28)13-2-4-14(26)5-3-13/h1-7H,8-10,23-25H2,(H,29,35)(H,30,33,34)/t21-/m0/s1. The second-order valence-electron chi connectivity index (χ2n) is 9.76. The monoisotopic (exact) mass is 497 g/mol. The van der Waals surface area contributed by atoms with Crippen molar-refractivity contribution in [2.75, 3.05) is 0 Å². The largest absolute Gasteiger partial charge is 0.349 e. The van der Waals surface area contributed by atoms with Gasteiger partial charge in [-0.05, 0) is 41.0 Å². The summed E-state index contributed by atoms with van der Waals surface area (Å²) in [5.41, 5.74) is -0.199. The van der Waals surface area contributed by atoms with Crippen molar-refractivity contribution in [3.63, 3.8) is 0 Å². The maximum atomic E-state index is 14.5.